The van der Waals surface area contributed by atoms with Crippen LogP contribution in [0.3, 0.4) is 0 Å². The third kappa shape index (κ3) is 2.24. The van der Waals surface area contributed by atoms with E-state index in [1.54, 1.807) is 20.2 Å². The Morgan fingerprint density at radius 3 is 2.94 bits per heavy atom. The summed E-state index contributed by atoms with van der Waals surface area (Å²) in [5.74, 6) is 0.540. The molecule has 0 spiro atoms. The number of ether oxygens (including phenoxy) is 3. The van der Waals surface area contributed by atoms with Crippen molar-refractivity contribution in [2.45, 2.75) is 12.6 Å². The van der Waals surface area contributed by atoms with Crippen LogP contribution < -0.4 is 4.74 Å². The molecule has 2 heterocycles. The Balaban J connectivity index is 2.30. The van der Waals surface area contributed by atoms with Crippen molar-refractivity contribution in [2.24, 2.45) is 0 Å². The van der Waals surface area contributed by atoms with Crippen LogP contribution in [0, 0.1) is 0 Å². The molecule has 6 nitrogen and oxygen atoms in total. The van der Waals surface area contributed by atoms with Gasteiger partial charge in [-0.15, -0.1) is 0 Å². The zero-order valence-corrected chi connectivity index (χ0v) is 10.7. The summed E-state index contributed by atoms with van der Waals surface area (Å²) in [6, 6.07) is 3.51. The highest BCUT2D eigenvalue weighted by Crippen LogP contribution is 2.29. The minimum absolute atomic E-state index is 0.181. The topological polar surface area (TPSA) is 60.9 Å². The molecule has 18 heavy (non-hydrogen) atoms. The molecule has 2 rings (SSSR count). The van der Waals surface area contributed by atoms with Crippen molar-refractivity contribution in [3.05, 3.63) is 23.4 Å². The number of aromatic nitrogens is 1. The molecular weight excluding hydrogens is 236 g/mol. The van der Waals surface area contributed by atoms with Crippen molar-refractivity contribution in [2.75, 3.05) is 27.9 Å². The molecule has 1 aromatic heterocycles. The van der Waals surface area contributed by atoms with Crippen molar-refractivity contribution in [1.82, 2.24) is 9.88 Å². The van der Waals surface area contributed by atoms with Gasteiger partial charge < -0.3 is 19.1 Å². The fourth-order valence-corrected chi connectivity index (χ4v) is 1.97. The van der Waals surface area contributed by atoms with E-state index < -0.39 is 6.09 Å². The van der Waals surface area contributed by atoms with Gasteiger partial charge in [0.15, 0.2) is 0 Å². The van der Waals surface area contributed by atoms with Gasteiger partial charge >= 0.3 is 6.09 Å². The predicted molar refractivity (Wildman–Crippen MR) is 63.4 cm³/mol. The number of carbonyl (C=O) groups is 1. The zero-order chi connectivity index (χ0) is 13.1. The maximum absolute atomic E-state index is 11.5. The van der Waals surface area contributed by atoms with Crippen molar-refractivity contribution in [3.63, 3.8) is 0 Å². The molecule has 0 saturated heterocycles. The highest BCUT2D eigenvalue weighted by atomic mass is 16.5. The lowest BCUT2D eigenvalue weighted by Gasteiger charge is -2.31. The molecular formula is C12H16N2O4. The van der Waals surface area contributed by atoms with Crippen molar-refractivity contribution in [3.8, 4) is 5.88 Å². The van der Waals surface area contributed by atoms with Gasteiger partial charge in [0.1, 0.15) is 0 Å². The average Bonchev–Trinajstić information content (AvgIpc) is 2.44. The maximum atomic E-state index is 11.5. The van der Waals surface area contributed by atoms with E-state index in [1.165, 1.54) is 12.0 Å². The van der Waals surface area contributed by atoms with Crippen LogP contribution in [0.15, 0.2) is 12.1 Å². The Labute approximate surface area is 105 Å². The van der Waals surface area contributed by atoms with Crippen LogP contribution in [0.2, 0.25) is 0 Å². The van der Waals surface area contributed by atoms with Crippen molar-refractivity contribution < 1.29 is 19.0 Å². The van der Waals surface area contributed by atoms with Gasteiger partial charge in [0, 0.05) is 18.7 Å². The first-order chi connectivity index (χ1) is 8.67. The molecule has 1 aromatic rings. The molecule has 1 unspecified atom stereocenters. The first kappa shape index (κ1) is 12.6. The van der Waals surface area contributed by atoms with Crippen LogP contribution >= 0.6 is 0 Å². The van der Waals surface area contributed by atoms with Gasteiger partial charge in [-0.2, -0.15) is 0 Å². The lowest BCUT2D eigenvalue weighted by atomic mass is 10.0. The van der Waals surface area contributed by atoms with Crippen molar-refractivity contribution in [1.29, 1.82) is 0 Å². The first-order valence-corrected chi connectivity index (χ1v) is 5.59. The molecule has 0 aliphatic carbocycles. The monoisotopic (exact) mass is 252 g/mol. The molecule has 1 amide bonds. The zero-order valence-electron chi connectivity index (χ0n) is 10.7. The van der Waals surface area contributed by atoms with Gasteiger partial charge in [0.25, 0.3) is 0 Å². The molecule has 0 fully saturated rings. The van der Waals surface area contributed by atoms with Crippen LogP contribution in [-0.2, 0) is 16.1 Å². The second-order valence-corrected chi connectivity index (χ2v) is 4.00. The normalized spacial score (nSPS) is 17.8. The van der Waals surface area contributed by atoms with Crippen LogP contribution in [0.25, 0.3) is 0 Å². The van der Waals surface area contributed by atoms with Crippen LogP contribution in [0.1, 0.15) is 17.3 Å². The van der Waals surface area contributed by atoms with E-state index in [0.29, 0.717) is 19.1 Å². The molecule has 0 N–H and O–H groups in total. The highest BCUT2D eigenvalue weighted by molar-refractivity contribution is 5.68. The molecule has 1 aliphatic heterocycles. The number of hydrogen-bond acceptors (Lipinski definition) is 5. The minimum Gasteiger partial charge on any atom is -0.481 e. The number of nitrogens with zero attached hydrogens (tertiary/aromatic N) is 2. The molecule has 0 saturated carbocycles. The van der Waals surface area contributed by atoms with Crippen LogP contribution in [-0.4, -0.2) is 43.9 Å². The number of carbonyl (C=O) groups excluding carboxylic acids is 1. The van der Waals surface area contributed by atoms with E-state index in [1.807, 2.05) is 6.07 Å². The van der Waals surface area contributed by atoms with E-state index in [2.05, 4.69) is 4.98 Å². The molecule has 98 valence electrons. The average molecular weight is 252 g/mol. The summed E-state index contributed by atoms with van der Waals surface area (Å²) < 4.78 is 15.2. The maximum Gasteiger partial charge on any atom is 0.409 e. The Morgan fingerprint density at radius 1 is 1.50 bits per heavy atom. The number of methoxy groups -OCH3 is 2. The first-order valence-electron chi connectivity index (χ1n) is 5.59. The lowest BCUT2D eigenvalue weighted by Crippen LogP contribution is -2.36. The SMILES string of the molecule is COC(=O)N(C)C1COCc2nc(OC)ccc21. The summed E-state index contributed by atoms with van der Waals surface area (Å²) in [4.78, 5) is 17.4. The predicted octanol–water partition coefficient (Wildman–Crippen LogP) is 1.36. The number of likely N-dealkylation sites (N-methyl/N-ethyl adjacent to an activating group) is 1. The van der Waals surface area contributed by atoms with Crippen LogP contribution in [0.4, 0.5) is 4.79 Å². The molecule has 0 aromatic carbocycles. The fraction of sp³-hybridized carbons (Fsp3) is 0.500. The molecule has 1 atom stereocenters. The fourth-order valence-electron chi connectivity index (χ4n) is 1.97. The van der Waals surface area contributed by atoms with E-state index in [4.69, 9.17) is 14.2 Å². The molecule has 0 bridgehead atoms. The van der Waals surface area contributed by atoms with E-state index in [0.717, 1.165) is 11.3 Å². The van der Waals surface area contributed by atoms with Gasteiger partial charge in [-0.25, -0.2) is 9.78 Å². The number of fused-ring (bicyclic) bond motifs is 1. The van der Waals surface area contributed by atoms with Gasteiger partial charge in [-0.1, -0.05) is 0 Å². The summed E-state index contributed by atoms with van der Waals surface area (Å²) in [6.07, 6.45) is -0.396. The van der Waals surface area contributed by atoms with Gasteiger partial charge in [0.05, 0.1) is 39.2 Å². The number of pyridine rings is 1. The van der Waals surface area contributed by atoms with E-state index in [-0.39, 0.29) is 6.04 Å². The second kappa shape index (κ2) is 5.22. The second-order valence-electron chi connectivity index (χ2n) is 4.00. The Morgan fingerprint density at radius 2 is 2.28 bits per heavy atom. The Kier molecular flexibility index (Phi) is 3.66. The van der Waals surface area contributed by atoms with Crippen LogP contribution in [0.5, 0.6) is 5.88 Å². The number of rotatable bonds is 2. The smallest absolute Gasteiger partial charge is 0.409 e. The van der Waals surface area contributed by atoms with E-state index >= 15 is 0 Å². The molecule has 1 aliphatic rings. The number of hydrogen-bond donors (Lipinski definition) is 0. The number of amides is 1. The molecule has 6 heteroatoms. The van der Waals surface area contributed by atoms with E-state index in [9.17, 15) is 4.79 Å². The summed E-state index contributed by atoms with van der Waals surface area (Å²) in [7, 11) is 4.60. The molecule has 0 radical (unpaired) electrons. The van der Waals surface area contributed by atoms with Crippen molar-refractivity contribution >= 4 is 6.09 Å². The lowest BCUT2D eigenvalue weighted by molar-refractivity contribution is 0.0357. The van der Waals surface area contributed by atoms with Gasteiger partial charge in [-0.3, -0.25) is 0 Å². The minimum atomic E-state index is -0.396. The van der Waals surface area contributed by atoms with Gasteiger partial charge in [-0.05, 0) is 6.07 Å². The van der Waals surface area contributed by atoms with Gasteiger partial charge in [0.2, 0.25) is 5.88 Å². The Bertz CT molecular complexity index is 450. The summed E-state index contributed by atoms with van der Waals surface area (Å²) in [5.41, 5.74) is 1.76. The largest absolute Gasteiger partial charge is 0.481 e. The quantitative estimate of drug-likeness (QED) is 0.795. The summed E-state index contributed by atoms with van der Waals surface area (Å²) in [6.45, 7) is 0.866. The third-order valence-electron chi connectivity index (χ3n) is 3.00. The summed E-state index contributed by atoms with van der Waals surface area (Å²) in [5, 5.41) is 0. The third-order valence-corrected chi connectivity index (χ3v) is 3.00. The Hall–Kier alpha value is -1.82. The standard InChI is InChI=1S/C12H16N2O4/c1-14(12(15)17-3)10-7-18-6-9-8(10)4-5-11(13-9)16-2/h4-5,10H,6-7H2,1-3H3. The summed E-state index contributed by atoms with van der Waals surface area (Å²) >= 11 is 0. The highest BCUT2D eigenvalue weighted by Gasteiger charge is 2.28.